The Morgan fingerprint density at radius 3 is 2.90 bits per heavy atom. The van der Waals surface area contributed by atoms with Gasteiger partial charge in [0.15, 0.2) is 0 Å². The Labute approximate surface area is 116 Å². The second-order valence-electron chi connectivity index (χ2n) is 3.61. The Morgan fingerprint density at radius 2 is 2.25 bits per heavy atom. The van der Waals surface area contributed by atoms with E-state index in [1.54, 1.807) is 12.1 Å². The Hall–Kier alpha value is -1.97. The van der Waals surface area contributed by atoms with Crippen molar-refractivity contribution in [3.8, 4) is 0 Å². The van der Waals surface area contributed by atoms with Crippen LogP contribution in [0.2, 0.25) is 0 Å². The molecule has 0 amide bonds. The van der Waals surface area contributed by atoms with Crippen LogP contribution in [0.5, 0.6) is 0 Å². The molecule has 1 heterocycles. The number of nitrogens with one attached hydrogen (secondary N) is 2. The van der Waals surface area contributed by atoms with Gasteiger partial charge in [-0.15, -0.1) is 0 Å². The molecule has 110 valence electrons. The van der Waals surface area contributed by atoms with Gasteiger partial charge in [-0.1, -0.05) is 6.07 Å². The first-order valence-electron chi connectivity index (χ1n) is 5.57. The number of pyridine rings is 1. The van der Waals surface area contributed by atoms with E-state index in [2.05, 4.69) is 14.4 Å². The molecule has 0 aliphatic carbocycles. The number of aromatic nitrogens is 1. The van der Waals surface area contributed by atoms with Gasteiger partial charge in [0.1, 0.15) is 5.82 Å². The van der Waals surface area contributed by atoms with Crippen LogP contribution < -0.4 is 9.44 Å². The maximum absolute atomic E-state index is 11.6. The highest BCUT2D eigenvalue weighted by Crippen LogP contribution is 2.07. The van der Waals surface area contributed by atoms with Crippen LogP contribution >= 0.6 is 0 Å². The number of aliphatic carboxylic acids is 1. The first-order valence-corrected chi connectivity index (χ1v) is 7.05. The number of carbonyl (C=O) groups is 1. The molecule has 9 heteroatoms. The molecule has 0 aromatic carbocycles. The summed E-state index contributed by atoms with van der Waals surface area (Å²) >= 11 is 0. The fourth-order valence-electron chi connectivity index (χ4n) is 1.21. The molecule has 20 heavy (non-hydrogen) atoms. The van der Waals surface area contributed by atoms with Crippen LogP contribution in [-0.2, 0) is 19.7 Å². The smallest absolute Gasteiger partial charge is 0.328 e. The predicted molar refractivity (Wildman–Crippen MR) is 73.3 cm³/mol. The SMILES string of the molecule is COCCNS(=O)(=O)Nc1cccc(/C=C/C(=O)O)n1. The van der Waals surface area contributed by atoms with Crippen LogP contribution in [0.4, 0.5) is 5.82 Å². The normalized spacial score (nSPS) is 11.7. The molecule has 0 bridgehead atoms. The highest BCUT2D eigenvalue weighted by Gasteiger charge is 2.09. The Morgan fingerprint density at radius 1 is 1.50 bits per heavy atom. The van der Waals surface area contributed by atoms with E-state index in [1.807, 2.05) is 0 Å². The van der Waals surface area contributed by atoms with E-state index in [9.17, 15) is 13.2 Å². The maximum Gasteiger partial charge on any atom is 0.328 e. The topological polar surface area (TPSA) is 118 Å². The van der Waals surface area contributed by atoms with Crippen molar-refractivity contribution in [3.05, 3.63) is 30.0 Å². The zero-order valence-corrected chi connectivity index (χ0v) is 11.6. The van der Waals surface area contributed by atoms with E-state index >= 15 is 0 Å². The lowest BCUT2D eigenvalue weighted by molar-refractivity contribution is -0.131. The largest absolute Gasteiger partial charge is 0.478 e. The van der Waals surface area contributed by atoms with E-state index in [-0.39, 0.29) is 19.0 Å². The molecule has 1 aromatic heterocycles. The van der Waals surface area contributed by atoms with Gasteiger partial charge >= 0.3 is 5.97 Å². The summed E-state index contributed by atoms with van der Waals surface area (Å²) in [7, 11) is -2.28. The van der Waals surface area contributed by atoms with Crippen molar-refractivity contribution >= 4 is 28.1 Å². The lowest BCUT2D eigenvalue weighted by Crippen LogP contribution is -2.32. The molecule has 0 aliphatic rings. The first kappa shape index (κ1) is 16.1. The number of rotatable bonds is 8. The molecular weight excluding hydrogens is 286 g/mol. The summed E-state index contributed by atoms with van der Waals surface area (Å²) in [4.78, 5) is 14.3. The third kappa shape index (κ3) is 6.27. The van der Waals surface area contributed by atoms with Gasteiger partial charge in [-0.25, -0.2) is 9.78 Å². The van der Waals surface area contributed by atoms with Crippen LogP contribution in [0.15, 0.2) is 24.3 Å². The van der Waals surface area contributed by atoms with E-state index < -0.39 is 16.2 Å². The van der Waals surface area contributed by atoms with Crippen LogP contribution in [0.3, 0.4) is 0 Å². The van der Waals surface area contributed by atoms with Crippen LogP contribution in [-0.4, -0.2) is 44.7 Å². The van der Waals surface area contributed by atoms with Crippen molar-refractivity contribution in [1.29, 1.82) is 0 Å². The van der Waals surface area contributed by atoms with E-state index in [0.29, 0.717) is 5.69 Å². The van der Waals surface area contributed by atoms with Gasteiger partial charge in [0.25, 0.3) is 10.2 Å². The number of nitrogens with zero attached hydrogens (tertiary/aromatic N) is 1. The number of methoxy groups -OCH3 is 1. The fraction of sp³-hybridized carbons (Fsp3) is 0.273. The zero-order valence-electron chi connectivity index (χ0n) is 10.7. The minimum Gasteiger partial charge on any atom is -0.478 e. The molecule has 0 aliphatic heterocycles. The van der Waals surface area contributed by atoms with Gasteiger partial charge in [0.05, 0.1) is 12.3 Å². The number of carboxylic acid groups (broad SMARTS) is 1. The molecule has 0 radical (unpaired) electrons. The molecule has 0 atom stereocenters. The second-order valence-corrected chi connectivity index (χ2v) is 5.11. The molecule has 0 saturated carbocycles. The second kappa shape index (κ2) is 7.58. The lowest BCUT2D eigenvalue weighted by Gasteiger charge is -2.08. The Kier molecular flexibility index (Phi) is 6.10. The Bertz CT molecular complexity index is 585. The number of hydrogen-bond donors (Lipinski definition) is 3. The molecule has 0 saturated heterocycles. The quantitative estimate of drug-likeness (QED) is 0.462. The Balaban J connectivity index is 2.72. The number of ether oxygens (including phenoxy) is 1. The highest BCUT2D eigenvalue weighted by atomic mass is 32.2. The van der Waals surface area contributed by atoms with Crippen molar-refractivity contribution < 1.29 is 23.1 Å². The van der Waals surface area contributed by atoms with Crippen molar-refractivity contribution in [1.82, 2.24) is 9.71 Å². The average molecular weight is 301 g/mol. The van der Waals surface area contributed by atoms with Crippen molar-refractivity contribution in [2.45, 2.75) is 0 Å². The average Bonchev–Trinajstić information content (AvgIpc) is 2.36. The minimum absolute atomic E-state index is 0.0856. The lowest BCUT2D eigenvalue weighted by atomic mass is 10.3. The summed E-state index contributed by atoms with van der Waals surface area (Å²) in [5, 5.41) is 8.50. The zero-order chi connectivity index (χ0) is 15.0. The third-order valence-electron chi connectivity index (χ3n) is 2.00. The highest BCUT2D eigenvalue weighted by molar-refractivity contribution is 7.90. The molecule has 0 unspecified atom stereocenters. The van der Waals surface area contributed by atoms with Crippen LogP contribution in [0, 0.1) is 0 Å². The number of carboxylic acids is 1. The van der Waals surface area contributed by atoms with Crippen molar-refractivity contribution in [2.75, 3.05) is 25.0 Å². The molecule has 8 nitrogen and oxygen atoms in total. The number of hydrogen-bond acceptors (Lipinski definition) is 5. The molecular formula is C11H15N3O5S. The maximum atomic E-state index is 11.6. The van der Waals surface area contributed by atoms with E-state index in [1.165, 1.54) is 19.3 Å². The summed E-state index contributed by atoms with van der Waals surface area (Å²) in [6, 6.07) is 4.56. The molecule has 1 aromatic rings. The van der Waals surface area contributed by atoms with Crippen molar-refractivity contribution in [3.63, 3.8) is 0 Å². The molecule has 3 N–H and O–H groups in total. The van der Waals surface area contributed by atoms with Gasteiger partial charge in [-0.05, 0) is 18.2 Å². The summed E-state index contributed by atoms with van der Waals surface area (Å²) in [5.74, 6) is -1.03. The van der Waals surface area contributed by atoms with Crippen molar-refractivity contribution in [2.24, 2.45) is 0 Å². The molecule has 0 spiro atoms. The summed E-state index contributed by atoms with van der Waals surface area (Å²) in [6.07, 6.45) is 2.18. The summed E-state index contributed by atoms with van der Waals surface area (Å²) < 4.78 is 32.5. The first-order chi connectivity index (χ1) is 9.43. The van der Waals surface area contributed by atoms with Gasteiger partial charge in [0.2, 0.25) is 0 Å². The fourth-order valence-corrected chi connectivity index (χ4v) is 2.02. The summed E-state index contributed by atoms with van der Waals surface area (Å²) in [6.45, 7) is 0.375. The summed E-state index contributed by atoms with van der Waals surface area (Å²) in [5.41, 5.74) is 0.324. The number of anilines is 1. The van der Waals surface area contributed by atoms with Gasteiger partial charge in [0, 0.05) is 19.7 Å². The van der Waals surface area contributed by atoms with E-state index in [4.69, 9.17) is 9.84 Å². The molecule has 0 fully saturated rings. The predicted octanol–water partition coefficient (Wildman–Crippen LogP) is 0.0721. The van der Waals surface area contributed by atoms with Crippen LogP contribution in [0.1, 0.15) is 5.69 Å². The molecule has 1 rings (SSSR count). The third-order valence-corrected chi connectivity index (χ3v) is 3.07. The van der Waals surface area contributed by atoms with Gasteiger partial charge in [-0.3, -0.25) is 4.72 Å². The van der Waals surface area contributed by atoms with Gasteiger partial charge < -0.3 is 9.84 Å². The van der Waals surface area contributed by atoms with Crippen LogP contribution in [0.25, 0.3) is 6.08 Å². The van der Waals surface area contributed by atoms with Gasteiger partial charge in [-0.2, -0.15) is 13.1 Å². The van der Waals surface area contributed by atoms with E-state index in [0.717, 1.165) is 6.08 Å². The monoisotopic (exact) mass is 301 g/mol. The standard InChI is InChI=1S/C11H15N3O5S/c1-19-8-7-12-20(17,18)14-10-4-2-3-9(13-10)5-6-11(15)16/h2-6,12H,7-8H2,1H3,(H,13,14)(H,15,16)/b6-5+. The minimum atomic E-state index is -3.74.